The Morgan fingerprint density at radius 3 is 2.90 bits per heavy atom. The fourth-order valence-electron chi connectivity index (χ4n) is 4.08. The van der Waals surface area contributed by atoms with Crippen LogP contribution in [0.15, 0.2) is 48.9 Å². The van der Waals surface area contributed by atoms with Crippen molar-refractivity contribution in [2.24, 2.45) is 0 Å². The summed E-state index contributed by atoms with van der Waals surface area (Å²) < 4.78 is 17.8. The molecule has 0 radical (unpaired) electrons. The van der Waals surface area contributed by atoms with Crippen molar-refractivity contribution in [3.8, 4) is 23.1 Å². The summed E-state index contributed by atoms with van der Waals surface area (Å²) in [5.41, 5.74) is 1.81. The summed E-state index contributed by atoms with van der Waals surface area (Å²) >= 11 is 0. The van der Waals surface area contributed by atoms with Crippen molar-refractivity contribution in [3.05, 3.63) is 48.9 Å². The third-order valence-electron chi connectivity index (χ3n) is 5.76. The molecule has 1 aliphatic rings. The standard InChI is InChI=1S/C24H26N4O3/c1-29-22-13-19-21(14-23(22)30-11-8-17-4-2-3-9-25-17)27-15-28-24(19)31-18-5-6-20-16(12-18)7-10-26-20/h5-7,10,12-15,17,25-26H,2-4,8-9,11H2,1H3. The number of aromatic amines is 1. The summed E-state index contributed by atoms with van der Waals surface area (Å²) in [5, 5.41) is 5.41. The Hall–Kier alpha value is -3.32. The Balaban J connectivity index is 1.37. The van der Waals surface area contributed by atoms with Gasteiger partial charge in [0.2, 0.25) is 5.88 Å². The van der Waals surface area contributed by atoms with Gasteiger partial charge in [-0.3, -0.25) is 0 Å². The molecule has 1 saturated heterocycles. The van der Waals surface area contributed by atoms with Gasteiger partial charge < -0.3 is 24.5 Å². The molecule has 7 nitrogen and oxygen atoms in total. The van der Waals surface area contributed by atoms with Crippen LogP contribution in [-0.2, 0) is 0 Å². The van der Waals surface area contributed by atoms with Crippen LogP contribution in [0, 0.1) is 0 Å². The minimum atomic E-state index is 0.483. The Bertz CT molecular complexity index is 1180. The Morgan fingerprint density at radius 1 is 1.06 bits per heavy atom. The molecule has 2 aromatic carbocycles. The number of hydrogen-bond donors (Lipinski definition) is 2. The third kappa shape index (κ3) is 4.27. The summed E-state index contributed by atoms with van der Waals surface area (Å²) in [6, 6.07) is 12.2. The first-order valence-electron chi connectivity index (χ1n) is 10.7. The van der Waals surface area contributed by atoms with Crippen LogP contribution in [0.5, 0.6) is 23.1 Å². The summed E-state index contributed by atoms with van der Waals surface area (Å²) in [6.07, 6.45) is 8.15. The highest BCUT2D eigenvalue weighted by Crippen LogP contribution is 2.36. The highest BCUT2D eigenvalue weighted by molar-refractivity contribution is 5.87. The molecule has 0 spiro atoms. The monoisotopic (exact) mass is 418 g/mol. The number of fused-ring (bicyclic) bond motifs is 2. The Labute approximate surface area is 180 Å². The van der Waals surface area contributed by atoms with Crippen LogP contribution in [-0.4, -0.2) is 41.3 Å². The Kier molecular flexibility index (Phi) is 5.58. The van der Waals surface area contributed by atoms with Crippen molar-refractivity contribution in [3.63, 3.8) is 0 Å². The SMILES string of the molecule is COc1cc2c(Oc3ccc4[nH]ccc4c3)ncnc2cc1OCCC1CCCCN1. The summed E-state index contributed by atoms with van der Waals surface area (Å²) in [5.74, 6) is 2.52. The minimum absolute atomic E-state index is 0.483. The average molecular weight is 418 g/mol. The number of hydrogen-bond acceptors (Lipinski definition) is 6. The molecule has 2 aromatic heterocycles. The first-order chi connectivity index (χ1) is 15.3. The van der Waals surface area contributed by atoms with Crippen molar-refractivity contribution in [2.45, 2.75) is 31.7 Å². The van der Waals surface area contributed by atoms with Gasteiger partial charge in [0.25, 0.3) is 0 Å². The van der Waals surface area contributed by atoms with E-state index < -0.39 is 0 Å². The molecule has 4 aromatic rings. The second-order valence-corrected chi connectivity index (χ2v) is 7.81. The van der Waals surface area contributed by atoms with Crippen molar-refractivity contribution < 1.29 is 14.2 Å². The van der Waals surface area contributed by atoms with Crippen LogP contribution < -0.4 is 19.5 Å². The third-order valence-corrected chi connectivity index (χ3v) is 5.76. The van der Waals surface area contributed by atoms with E-state index in [1.165, 1.54) is 25.6 Å². The van der Waals surface area contributed by atoms with Gasteiger partial charge in [-0.05, 0) is 56.1 Å². The number of H-pyrrole nitrogens is 1. The molecule has 2 N–H and O–H groups in total. The maximum atomic E-state index is 6.10. The van der Waals surface area contributed by atoms with Crippen LogP contribution in [0.4, 0.5) is 0 Å². The number of nitrogens with one attached hydrogen (secondary N) is 2. The van der Waals surface area contributed by atoms with Gasteiger partial charge in [0.1, 0.15) is 12.1 Å². The van der Waals surface area contributed by atoms with Crippen LogP contribution in [0.2, 0.25) is 0 Å². The molecule has 1 atom stereocenters. The maximum Gasteiger partial charge on any atom is 0.230 e. The Morgan fingerprint density at radius 2 is 2.03 bits per heavy atom. The lowest BCUT2D eigenvalue weighted by Gasteiger charge is -2.23. The lowest BCUT2D eigenvalue weighted by atomic mass is 10.0. The van der Waals surface area contributed by atoms with Crippen LogP contribution in [0.25, 0.3) is 21.8 Å². The lowest BCUT2D eigenvalue weighted by molar-refractivity contribution is 0.257. The second kappa shape index (κ2) is 8.81. The largest absolute Gasteiger partial charge is 0.493 e. The molecule has 1 unspecified atom stereocenters. The van der Waals surface area contributed by atoms with Gasteiger partial charge in [0, 0.05) is 29.2 Å². The molecule has 0 amide bonds. The number of aromatic nitrogens is 3. The van der Waals surface area contributed by atoms with Crippen LogP contribution in [0.3, 0.4) is 0 Å². The van der Waals surface area contributed by atoms with Crippen molar-refractivity contribution in [1.29, 1.82) is 0 Å². The van der Waals surface area contributed by atoms with Gasteiger partial charge >= 0.3 is 0 Å². The van der Waals surface area contributed by atoms with Crippen molar-refractivity contribution in [2.75, 3.05) is 20.3 Å². The molecule has 3 heterocycles. The number of rotatable bonds is 7. The molecule has 0 saturated carbocycles. The fraction of sp³-hybridized carbons (Fsp3) is 0.333. The zero-order valence-electron chi connectivity index (χ0n) is 17.6. The number of piperidine rings is 1. The van der Waals surface area contributed by atoms with Gasteiger partial charge in [-0.25, -0.2) is 9.97 Å². The van der Waals surface area contributed by atoms with Crippen LogP contribution >= 0.6 is 0 Å². The average Bonchev–Trinajstić information content (AvgIpc) is 3.27. The molecule has 31 heavy (non-hydrogen) atoms. The predicted octanol–water partition coefficient (Wildman–Crippen LogP) is 4.82. The van der Waals surface area contributed by atoms with E-state index in [0.29, 0.717) is 35.8 Å². The number of ether oxygens (including phenoxy) is 3. The number of methoxy groups -OCH3 is 1. The molecule has 5 rings (SSSR count). The molecule has 1 fully saturated rings. The number of nitrogens with zero attached hydrogens (tertiary/aromatic N) is 2. The first-order valence-corrected chi connectivity index (χ1v) is 10.7. The summed E-state index contributed by atoms with van der Waals surface area (Å²) in [6.45, 7) is 1.73. The van der Waals surface area contributed by atoms with Crippen molar-refractivity contribution >= 4 is 21.8 Å². The zero-order chi connectivity index (χ0) is 21.0. The van der Waals surface area contributed by atoms with E-state index in [1.807, 2.05) is 42.6 Å². The van der Waals surface area contributed by atoms with E-state index in [4.69, 9.17) is 14.2 Å². The van der Waals surface area contributed by atoms with E-state index in [0.717, 1.165) is 34.8 Å². The first kappa shape index (κ1) is 19.6. The van der Waals surface area contributed by atoms with E-state index in [-0.39, 0.29) is 0 Å². The highest BCUT2D eigenvalue weighted by atomic mass is 16.5. The predicted molar refractivity (Wildman–Crippen MR) is 120 cm³/mol. The molecular formula is C24H26N4O3. The van der Waals surface area contributed by atoms with Gasteiger partial charge in [-0.1, -0.05) is 6.42 Å². The van der Waals surface area contributed by atoms with E-state index in [2.05, 4.69) is 20.3 Å². The lowest BCUT2D eigenvalue weighted by Crippen LogP contribution is -2.35. The molecule has 160 valence electrons. The topological polar surface area (TPSA) is 81.3 Å². The van der Waals surface area contributed by atoms with Crippen LogP contribution in [0.1, 0.15) is 25.7 Å². The van der Waals surface area contributed by atoms with Gasteiger partial charge in [-0.15, -0.1) is 0 Å². The quantitative estimate of drug-likeness (QED) is 0.448. The molecule has 0 aliphatic carbocycles. The zero-order valence-corrected chi connectivity index (χ0v) is 17.6. The molecule has 0 bridgehead atoms. The smallest absolute Gasteiger partial charge is 0.230 e. The van der Waals surface area contributed by atoms with Gasteiger partial charge in [0.05, 0.1) is 24.6 Å². The molecule has 1 aliphatic heterocycles. The number of benzene rings is 2. The summed E-state index contributed by atoms with van der Waals surface area (Å²) in [7, 11) is 1.64. The normalized spacial score (nSPS) is 16.5. The van der Waals surface area contributed by atoms with E-state index in [9.17, 15) is 0 Å². The molecular weight excluding hydrogens is 392 g/mol. The maximum absolute atomic E-state index is 6.10. The minimum Gasteiger partial charge on any atom is -0.493 e. The molecule has 7 heteroatoms. The fourth-order valence-corrected chi connectivity index (χ4v) is 4.08. The van der Waals surface area contributed by atoms with E-state index in [1.54, 1.807) is 7.11 Å². The second-order valence-electron chi connectivity index (χ2n) is 7.81. The van der Waals surface area contributed by atoms with Gasteiger partial charge in [-0.2, -0.15) is 0 Å². The van der Waals surface area contributed by atoms with Gasteiger partial charge in [0.15, 0.2) is 11.5 Å². The highest BCUT2D eigenvalue weighted by Gasteiger charge is 2.15. The van der Waals surface area contributed by atoms with E-state index >= 15 is 0 Å². The van der Waals surface area contributed by atoms with Crippen molar-refractivity contribution in [1.82, 2.24) is 20.3 Å². The summed E-state index contributed by atoms with van der Waals surface area (Å²) in [4.78, 5) is 12.0.